The molecule has 1 atom stereocenters. The van der Waals surface area contributed by atoms with Crippen molar-refractivity contribution in [2.24, 2.45) is 4.99 Å². The van der Waals surface area contributed by atoms with Crippen molar-refractivity contribution in [1.29, 1.82) is 0 Å². The summed E-state index contributed by atoms with van der Waals surface area (Å²) in [6.45, 7) is 3.79. The Balaban J connectivity index is 1.79. The predicted octanol–water partition coefficient (Wildman–Crippen LogP) is 4.13. The molecule has 0 aliphatic carbocycles. The maximum absolute atomic E-state index is 13.4. The molecule has 1 aromatic heterocycles. The zero-order valence-corrected chi connectivity index (χ0v) is 19.3. The van der Waals surface area contributed by atoms with Crippen LogP contribution in [0.5, 0.6) is 0 Å². The highest BCUT2D eigenvalue weighted by molar-refractivity contribution is 7.07. The highest BCUT2D eigenvalue weighted by atomic mass is 32.1. The Labute approximate surface area is 196 Å². The van der Waals surface area contributed by atoms with Crippen LogP contribution < -0.4 is 14.9 Å². The van der Waals surface area contributed by atoms with Gasteiger partial charge in [0.25, 0.3) is 5.56 Å². The lowest BCUT2D eigenvalue weighted by atomic mass is 10.0. The number of allylic oxidation sites excluding steroid dienone is 3. The molecule has 0 spiro atoms. The van der Waals surface area contributed by atoms with E-state index in [2.05, 4.69) is 4.99 Å². The molecule has 3 aromatic rings. The maximum Gasteiger partial charge on any atom is 0.338 e. The average molecular weight is 457 g/mol. The summed E-state index contributed by atoms with van der Waals surface area (Å²) in [5, 5.41) is 0. The fourth-order valence-corrected chi connectivity index (χ4v) is 4.61. The summed E-state index contributed by atoms with van der Waals surface area (Å²) < 4.78 is 7.42. The summed E-state index contributed by atoms with van der Waals surface area (Å²) in [5.41, 5.74) is 2.77. The molecule has 166 valence electrons. The van der Waals surface area contributed by atoms with Gasteiger partial charge in [0.05, 0.1) is 28.5 Å². The number of carbonyl (C=O) groups is 1. The number of nitrogens with zero attached hydrogens (tertiary/aromatic N) is 2. The van der Waals surface area contributed by atoms with Gasteiger partial charge in [-0.15, -0.1) is 0 Å². The number of hydrogen-bond donors (Lipinski definition) is 0. The second-order valence-corrected chi connectivity index (χ2v) is 8.42. The number of aromatic nitrogens is 1. The molecule has 0 unspecified atom stereocenters. The molecule has 0 bridgehead atoms. The van der Waals surface area contributed by atoms with Crippen molar-refractivity contribution in [3.8, 4) is 0 Å². The number of esters is 1. The standard InChI is InChI=1S/C27H24N2O3S/c1-3-32-26(31)24-19(2)28-27-29(22(24)18-17-21-13-8-5-9-14-21)25(30)23(33-27)16-10-15-20-11-6-4-7-12-20/h4-18,22H,3H2,1-2H3/b15-10+,18-17+,23-16-/t22-/m1/s1. The Kier molecular flexibility index (Phi) is 6.95. The van der Waals surface area contributed by atoms with E-state index in [1.54, 1.807) is 24.5 Å². The highest BCUT2D eigenvalue weighted by Gasteiger charge is 2.30. The van der Waals surface area contributed by atoms with Gasteiger partial charge in [-0.2, -0.15) is 0 Å². The summed E-state index contributed by atoms with van der Waals surface area (Å²) in [5.74, 6) is -0.459. The minimum Gasteiger partial charge on any atom is -0.463 e. The molecule has 0 saturated carbocycles. The Morgan fingerprint density at radius 2 is 1.70 bits per heavy atom. The molecule has 33 heavy (non-hydrogen) atoms. The lowest BCUT2D eigenvalue weighted by Crippen LogP contribution is -2.38. The van der Waals surface area contributed by atoms with E-state index >= 15 is 0 Å². The Bertz CT molecular complexity index is 1410. The van der Waals surface area contributed by atoms with Crippen molar-refractivity contribution in [2.45, 2.75) is 19.9 Å². The van der Waals surface area contributed by atoms with Gasteiger partial charge >= 0.3 is 5.97 Å². The van der Waals surface area contributed by atoms with Crippen LogP contribution in [0.25, 0.3) is 18.2 Å². The molecule has 5 nitrogen and oxygen atoms in total. The van der Waals surface area contributed by atoms with Crippen LogP contribution in [-0.2, 0) is 9.53 Å². The van der Waals surface area contributed by atoms with Gasteiger partial charge in [0, 0.05) is 0 Å². The molecule has 4 rings (SSSR count). The molecule has 1 aliphatic heterocycles. The third-order valence-corrected chi connectivity index (χ3v) is 6.17. The van der Waals surface area contributed by atoms with Crippen molar-refractivity contribution >= 4 is 35.5 Å². The maximum atomic E-state index is 13.4. The van der Waals surface area contributed by atoms with E-state index < -0.39 is 12.0 Å². The van der Waals surface area contributed by atoms with Crippen LogP contribution >= 0.6 is 11.3 Å². The third-order valence-electron chi connectivity index (χ3n) is 5.17. The van der Waals surface area contributed by atoms with E-state index in [0.29, 0.717) is 20.6 Å². The van der Waals surface area contributed by atoms with Crippen LogP contribution in [0.1, 0.15) is 31.0 Å². The normalized spacial score (nSPS) is 16.3. The van der Waals surface area contributed by atoms with Crippen molar-refractivity contribution in [2.75, 3.05) is 6.61 Å². The summed E-state index contributed by atoms with van der Waals surface area (Å²) in [4.78, 5) is 31.3. The van der Waals surface area contributed by atoms with Crippen molar-refractivity contribution in [3.05, 3.63) is 115 Å². The van der Waals surface area contributed by atoms with E-state index in [-0.39, 0.29) is 12.2 Å². The van der Waals surface area contributed by atoms with Gasteiger partial charge in [-0.05, 0) is 31.1 Å². The van der Waals surface area contributed by atoms with Gasteiger partial charge in [-0.1, -0.05) is 96.3 Å². The van der Waals surface area contributed by atoms with Crippen LogP contribution in [0.3, 0.4) is 0 Å². The molecule has 0 radical (unpaired) electrons. The molecule has 0 saturated heterocycles. The molecular formula is C27H24N2O3S. The zero-order chi connectivity index (χ0) is 23.2. The van der Waals surface area contributed by atoms with Gasteiger partial charge in [0.15, 0.2) is 4.80 Å². The lowest BCUT2D eigenvalue weighted by Gasteiger charge is -2.21. The average Bonchev–Trinajstić information content (AvgIpc) is 3.13. The first-order valence-electron chi connectivity index (χ1n) is 10.7. The van der Waals surface area contributed by atoms with Gasteiger partial charge in [-0.25, -0.2) is 9.79 Å². The number of hydrogen-bond acceptors (Lipinski definition) is 5. The first-order valence-corrected chi connectivity index (χ1v) is 11.5. The van der Waals surface area contributed by atoms with Crippen molar-refractivity contribution in [3.63, 3.8) is 0 Å². The monoisotopic (exact) mass is 456 g/mol. The minimum atomic E-state index is -0.597. The van der Waals surface area contributed by atoms with E-state index in [0.717, 1.165) is 11.1 Å². The Hall–Kier alpha value is -3.77. The fourth-order valence-electron chi connectivity index (χ4n) is 3.61. The van der Waals surface area contributed by atoms with E-state index in [1.165, 1.54) is 11.3 Å². The molecule has 0 amide bonds. The molecule has 2 heterocycles. The van der Waals surface area contributed by atoms with Crippen molar-refractivity contribution in [1.82, 2.24) is 4.57 Å². The van der Waals surface area contributed by atoms with E-state index in [1.807, 2.05) is 85.0 Å². The Morgan fingerprint density at radius 1 is 1.06 bits per heavy atom. The molecule has 2 aromatic carbocycles. The molecule has 6 heteroatoms. The predicted molar refractivity (Wildman–Crippen MR) is 133 cm³/mol. The van der Waals surface area contributed by atoms with Crippen molar-refractivity contribution < 1.29 is 9.53 Å². The molecule has 0 fully saturated rings. The molecule has 1 aliphatic rings. The van der Waals surface area contributed by atoms with Crippen LogP contribution in [0, 0.1) is 0 Å². The number of rotatable bonds is 6. The van der Waals surface area contributed by atoms with Crippen LogP contribution in [-0.4, -0.2) is 17.1 Å². The minimum absolute atomic E-state index is 0.187. The number of ether oxygens (including phenoxy) is 1. The number of carbonyl (C=O) groups excluding carboxylic acids is 1. The SMILES string of the molecule is CCOC(=O)C1=C(C)N=c2s/c(=C\C=C\c3ccccc3)c(=O)n2[C@@H]1/C=C/c1ccccc1. The number of benzene rings is 2. The topological polar surface area (TPSA) is 60.7 Å². The smallest absolute Gasteiger partial charge is 0.338 e. The Morgan fingerprint density at radius 3 is 2.33 bits per heavy atom. The lowest BCUT2D eigenvalue weighted by molar-refractivity contribution is -0.139. The molecular weight excluding hydrogens is 432 g/mol. The van der Waals surface area contributed by atoms with Gasteiger partial charge < -0.3 is 4.74 Å². The van der Waals surface area contributed by atoms with E-state index in [4.69, 9.17) is 4.74 Å². The summed E-state index contributed by atoms with van der Waals surface area (Å²) in [6.07, 6.45) is 9.37. The van der Waals surface area contributed by atoms with Gasteiger partial charge in [-0.3, -0.25) is 9.36 Å². The van der Waals surface area contributed by atoms with E-state index in [9.17, 15) is 9.59 Å². The fraction of sp³-hybridized carbons (Fsp3) is 0.148. The van der Waals surface area contributed by atoms with Crippen LogP contribution in [0.2, 0.25) is 0 Å². The zero-order valence-electron chi connectivity index (χ0n) is 18.5. The second-order valence-electron chi connectivity index (χ2n) is 7.41. The molecule has 0 N–H and O–H groups in total. The van der Waals surface area contributed by atoms with Gasteiger partial charge in [0.2, 0.25) is 0 Å². The van der Waals surface area contributed by atoms with Gasteiger partial charge in [0.1, 0.15) is 0 Å². The third kappa shape index (κ3) is 5.02. The summed E-state index contributed by atoms with van der Waals surface area (Å²) in [6, 6.07) is 19.0. The quantitative estimate of drug-likeness (QED) is 0.524. The first-order chi connectivity index (χ1) is 16.1. The second kappa shape index (κ2) is 10.2. The summed E-state index contributed by atoms with van der Waals surface area (Å²) in [7, 11) is 0. The largest absolute Gasteiger partial charge is 0.463 e. The van der Waals surface area contributed by atoms with Crippen LogP contribution in [0.4, 0.5) is 0 Å². The number of thiazole rings is 1. The van der Waals surface area contributed by atoms with Crippen LogP contribution in [0.15, 0.2) is 93.9 Å². The number of fused-ring (bicyclic) bond motifs is 1. The first kappa shape index (κ1) is 22.4. The highest BCUT2D eigenvalue weighted by Crippen LogP contribution is 2.26. The summed E-state index contributed by atoms with van der Waals surface area (Å²) >= 11 is 1.31.